The molecule has 0 aromatic carbocycles. The number of aryl methyl sites for hydroxylation is 1. The topological polar surface area (TPSA) is 110 Å². The van der Waals surface area contributed by atoms with Gasteiger partial charge in [0.25, 0.3) is 0 Å². The van der Waals surface area contributed by atoms with Gasteiger partial charge in [-0.15, -0.1) is 0 Å². The Bertz CT molecular complexity index is 1670. The van der Waals surface area contributed by atoms with Crippen molar-refractivity contribution in [3.05, 3.63) is 59.7 Å². The van der Waals surface area contributed by atoms with E-state index in [1.807, 2.05) is 4.90 Å². The molecule has 1 atom stereocenters. The summed E-state index contributed by atoms with van der Waals surface area (Å²) < 4.78 is 86.6. The number of rotatable bonds is 6. The van der Waals surface area contributed by atoms with Crippen LogP contribution in [0, 0.1) is 5.82 Å². The molecule has 220 valence electrons. The van der Waals surface area contributed by atoms with Gasteiger partial charge in [-0.1, -0.05) is 0 Å². The van der Waals surface area contributed by atoms with Gasteiger partial charge < -0.3 is 19.4 Å². The maximum atomic E-state index is 13.8. The molecule has 0 aliphatic carbocycles. The monoisotopic (exact) mass is 592 g/mol. The van der Waals surface area contributed by atoms with Crippen LogP contribution in [0.1, 0.15) is 30.3 Å². The molecule has 10 nitrogen and oxygen atoms in total. The number of carbonyl (C=O) groups is 1. The first-order chi connectivity index (χ1) is 19.9. The van der Waals surface area contributed by atoms with Crippen LogP contribution >= 0.6 is 0 Å². The number of aromatic nitrogens is 6. The summed E-state index contributed by atoms with van der Waals surface area (Å²) in [6.45, 7) is 3.19. The number of anilines is 2. The zero-order chi connectivity index (χ0) is 29.9. The summed E-state index contributed by atoms with van der Waals surface area (Å²) in [4.78, 5) is 37.1. The SMILES string of the molecule is CC1(c2ccc(F)cn2)C(=O)Nc2nc(-c3cn4ccnc4c(CCC(F)(F)C(F)(F)F)n3)nc(N3CCOCC3)c21. The van der Waals surface area contributed by atoms with E-state index in [1.54, 1.807) is 6.92 Å². The molecule has 1 fully saturated rings. The van der Waals surface area contributed by atoms with Crippen LogP contribution in [0.2, 0.25) is 0 Å². The standard InChI is InChI=1S/C26H22F6N8O2/c1-24(17-3-2-14(27)12-34-17)18-20(38-23(24)41)36-19(37-22(18)39-8-10-42-11-9-39)16-13-40-7-6-33-21(40)15(35-16)4-5-25(28,29)26(30,31)32/h2-3,6-7,12-13H,4-5,8-11H2,1H3,(H,36,37,38,41). The maximum absolute atomic E-state index is 13.8. The first kappa shape index (κ1) is 27.8. The summed E-state index contributed by atoms with van der Waals surface area (Å²) in [6, 6.07) is 2.59. The van der Waals surface area contributed by atoms with Crippen LogP contribution in [-0.2, 0) is 21.4 Å². The van der Waals surface area contributed by atoms with Gasteiger partial charge >= 0.3 is 12.1 Å². The van der Waals surface area contributed by atoms with Crippen LogP contribution in [0.15, 0.2) is 36.9 Å². The molecule has 0 radical (unpaired) electrons. The summed E-state index contributed by atoms with van der Waals surface area (Å²) >= 11 is 0. The quantitative estimate of drug-likeness (QED) is 0.336. The fraction of sp³-hybridized carbons (Fsp3) is 0.385. The largest absolute Gasteiger partial charge is 0.453 e. The highest BCUT2D eigenvalue weighted by Gasteiger charge is 2.56. The summed E-state index contributed by atoms with van der Waals surface area (Å²) in [6.07, 6.45) is -2.65. The van der Waals surface area contributed by atoms with E-state index in [-0.39, 0.29) is 34.4 Å². The lowest BCUT2D eigenvalue weighted by Crippen LogP contribution is -2.40. The molecule has 2 aliphatic heterocycles. The lowest BCUT2D eigenvalue weighted by atomic mass is 9.80. The van der Waals surface area contributed by atoms with Gasteiger partial charge in [0.1, 0.15) is 28.6 Å². The van der Waals surface area contributed by atoms with Crippen molar-refractivity contribution < 1.29 is 35.9 Å². The molecule has 4 aromatic rings. The maximum Gasteiger partial charge on any atom is 0.453 e. The van der Waals surface area contributed by atoms with Gasteiger partial charge in [0.15, 0.2) is 11.5 Å². The van der Waals surface area contributed by atoms with Gasteiger partial charge in [-0.25, -0.2) is 24.3 Å². The zero-order valence-corrected chi connectivity index (χ0v) is 21.9. The van der Waals surface area contributed by atoms with Gasteiger partial charge in [0.05, 0.1) is 36.4 Å². The van der Waals surface area contributed by atoms with Crippen molar-refractivity contribution in [3.63, 3.8) is 0 Å². The third-order valence-electron chi connectivity index (χ3n) is 7.39. The molecule has 1 saturated heterocycles. The number of ether oxygens (including phenoxy) is 1. The third kappa shape index (κ3) is 4.59. The third-order valence-corrected chi connectivity index (χ3v) is 7.39. The fourth-order valence-corrected chi connectivity index (χ4v) is 5.07. The first-order valence-corrected chi connectivity index (χ1v) is 12.8. The molecule has 1 unspecified atom stereocenters. The molecule has 1 amide bonds. The van der Waals surface area contributed by atoms with E-state index in [4.69, 9.17) is 9.72 Å². The number of carbonyl (C=O) groups excluding carboxylic acids is 1. The summed E-state index contributed by atoms with van der Waals surface area (Å²) in [5.41, 5.74) is -0.684. The van der Waals surface area contributed by atoms with Crippen molar-refractivity contribution in [2.75, 3.05) is 36.5 Å². The van der Waals surface area contributed by atoms with Crippen molar-refractivity contribution in [1.82, 2.24) is 29.3 Å². The Morgan fingerprint density at radius 3 is 2.52 bits per heavy atom. The highest BCUT2D eigenvalue weighted by molar-refractivity contribution is 6.09. The van der Waals surface area contributed by atoms with E-state index in [1.165, 1.54) is 35.1 Å². The Labute approximate surface area is 233 Å². The van der Waals surface area contributed by atoms with Crippen LogP contribution < -0.4 is 10.2 Å². The molecule has 0 spiro atoms. The number of alkyl halides is 5. The van der Waals surface area contributed by atoms with E-state index in [0.717, 1.165) is 6.20 Å². The van der Waals surface area contributed by atoms with Crippen molar-refractivity contribution in [2.24, 2.45) is 0 Å². The van der Waals surface area contributed by atoms with Crippen molar-refractivity contribution in [2.45, 2.75) is 37.3 Å². The van der Waals surface area contributed by atoms with Gasteiger partial charge in [-0.2, -0.15) is 22.0 Å². The number of morpholine rings is 1. The van der Waals surface area contributed by atoms with E-state index in [2.05, 4.69) is 25.3 Å². The minimum atomic E-state index is -5.71. The van der Waals surface area contributed by atoms with E-state index in [0.29, 0.717) is 37.7 Å². The van der Waals surface area contributed by atoms with Crippen molar-refractivity contribution in [3.8, 4) is 11.5 Å². The van der Waals surface area contributed by atoms with Gasteiger partial charge in [-0.05, 0) is 25.5 Å². The minimum absolute atomic E-state index is 0.00807. The molecule has 42 heavy (non-hydrogen) atoms. The van der Waals surface area contributed by atoms with E-state index < -0.39 is 42.1 Å². The highest BCUT2D eigenvalue weighted by atomic mass is 19.4. The normalized spacial score (nSPS) is 19.3. The zero-order valence-electron chi connectivity index (χ0n) is 21.9. The molecular formula is C26H22F6N8O2. The highest BCUT2D eigenvalue weighted by Crippen LogP contribution is 2.46. The van der Waals surface area contributed by atoms with Gasteiger partial charge in [0, 0.05) is 38.1 Å². The number of amides is 1. The Morgan fingerprint density at radius 1 is 1.07 bits per heavy atom. The lowest BCUT2D eigenvalue weighted by Gasteiger charge is -2.32. The fourth-order valence-electron chi connectivity index (χ4n) is 5.07. The lowest BCUT2D eigenvalue weighted by molar-refractivity contribution is -0.284. The predicted octanol–water partition coefficient (Wildman–Crippen LogP) is 3.95. The Balaban J connectivity index is 1.48. The number of nitrogens with one attached hydrogen (secondary N) is 1. The van der Waals surface area contributed by atoms with E-state index >= 15 is 0 Å². The Morgan fingerprint density at radius 2 is 1.83 bits per heavy atom. The second-order valence-corrected chi connectivity index (χ2v) is 10.1. The molecule has 2 aliphatic rings. The predicted molar refractivity (Wildman–Crippen MR) is 136 cm³/mol. The second-order valence-electron chi connectivity index (χ2n) is 10.1. The second kappa shape index (κ2) is 9.89. The average Bonchev–Trinajstić information content (AvgIpc) is 3.54. The van der Waals surface area contributed by atoms with Crippen molar-refractivity contribution in [1.29, 1.82) is 0 Å². The molecule has 6 rings (SSSR count). The molecule has 4 aromatic heterocycles. The number of nitrogens with zero attached hydrogens (tertiary/aromatic N) is 7. The number of fused-ring (bicyclic) bond motifs is 2. The summed E-state index contributed by atoms with van der Waals surface area (Å²) in [5.74, 6) is -5.51. The number of hydrogen-bond donors (Lipinski definition) is 1. The average molecular weight is 593 g/mol. The molecular weight excluding hydrogens is 570 g/mol. The number of halogens is 6. The van der Waals surface area contributed by atoms with Crippen LogP contribution in [0.3, 0.4) is 0 Å². The van der Waals surface area contributed by atoms with E-state index in [9.17, 15) is 31.1 Å². The summed E-state index contributed by atoms with van der Waals surface area (Å²) in [5, 5.41) is 2.75. The van der Waals surface area contributed by atoms with Crippen LogP contribution in [0.5, 0.6) is 0 Å². The molecule has 6 heterocycles. The van der Waals surface area contributed by atoms with Gasteiger partial charge in [-0.3, -0.25) is 9.78 Å². The van der Waals surface area contributed by atoms with Crippen LogP contribution in [0.4, 0.5) is 38.0 Å². The first-order valence-electron chi connectivity index (χ1n) is 12.8. The van der Waals surface area contributed by atoms with Crippen LogP contribution in [0.25, 0.3) is 17.2 Å². The van der Waals surface area contributed by atoms with Gasteiger partial charge in [0.2, 0.25) is 5.91 Å². The Kier molecular flexibility index (Phi) is 6.55. The minimum Gasteiger partial charge on any atom is -0.378 e. The smallest absolute Gasteiger partial charge is 0.378 e. The number of hydrogen-bond acceptors (Lipinski definition) is 8. The molecule has 0 saturated carbocycles. The molecule has 16 heteroatoms. The Hall–Kier alpha value is -4.34. The number of imidazole rings is 1. The number of pyridine rings is 1. The summed E-state index contributed by atoms with van der Waals surface area (Å²) in [7, 11) is 0. The van der Waals surface area contributed by atoms with Crippen LogP contribution in [-0.4, -0.2) is 73.6 Å². The van der Waals surface area contributed by atoms with Crippen molar-refractivity contribution >= 4 is 23.2 Å². The molecule has 1 N–H and O–H groups in total. The molecule has 0 bridgehead atoms.